The number of benzene rings is 1. The van der Waals surface area contributed by atoms with Crippen LogP contribution < -0.4 is 16.2 Å². The molecule has 7 nitrogen and oxygen atoms in total. The van der Waals surface area contributed by atoms with Crippen LogP contribution in [0.15, 0.2) is 23.0 Å². The fourth-order valence-electron chi connectivity index (χ4n) is 3.02. The first-order valence-electron chi connectivity index (χ1n) is 9.16. The second-order valence-electron chi connectivity index (χ2n) is 6.76. The highest BCUT2D eigenvalue weighted by atomic mass is 32.1. The molecule has 0 saturated heterocycles. The van der Waals surface area contributed by atoms with Gasteiger partial charge < -0.3 is 15.6 Å². The summed E-state index contributed by atoms with van der Waals surface area (Å²) in [5.41, 5.74) is 0.731. The minimum Gasteiger partial charge on any atom is -0.357 e. The quantitative estimate of drug-likeness (QED) is 0.554. The maximum atomic E-state index is 13.5. The van der Waals surface area contributed by atoms with Crippen molar-refractivity contribution in [3.8, 4) is 0 Å². The van der Waals surface area contributed by atoms with E-state index in [2.05, 4.69) is 20.6 Å². The van der Waals surface area contributed by atoms with Gasteiger partial charge in [0.1, 0.15) is 16.7 Å². The molecule has 1 aromatic carbocycles. The van der Waals surface area contributed by atoms with Crippen molar-refractivity contribution in [1.82, 2.24) is 20.6 Å². The number of carbonyl (C=O) groups excluding carboxylic acids is 2. The number of amides is 2. The van der Waals surface area contributed by atoms with E-state index in [1.165, 1.54) is 24.5 Å². The van der Waals surface area contributed by atoms with E-state index in [1.807, 2.05) is 13.8 Å². The summed E-state index contributed by atoms with van der Waals surface area (Å²) in [5.74, 6) is -2.90. The van der Waals surface area contributed by atoms with Gasteiger partial charge in [-0.1, -0.05) is 6.07 Å². The topological polar surface area (TPSA) is 104 Å². The Morgan fingerprint density at radius 3 is 2.63 bits per heavy atom. The normalized spacial score (nSPS) is 12.0. The van der Waals surface area contributed by atoms with E-state index < -0.39 is 29.5 Å². The Labute approximate surface area is 174 Å². The maximum absolute atomic E-state index is 13.5. The SMILES string of the molecule is CNC(=O)C(NC(=O)CCc1nc2sc(C)c(C)c2c(=O)[nH]1)c1ccc(F)c(F)c1. The summed E-state index contributed by atoms with van der Waals surface area (Å²) in [6.07, 6.45) is 0.0835. The van der Waals surface area contributed by atoms with Gasteiger partial charge in [-0.25, -0.2) is 13.8 Å². The number of aromatic nitrogens is 2. The largest absolute Gasteiger partial charge is 0.357 e. The second kappa shape index (κ2) is 8.70. The van der Waals surface area contributed by atoms with Crippen molar-refractivity contribution in [1.29, 1.82) is 0 Å². The lowest BCUT2D eigenvalue weighted by Gasteiger charge is -2.18. The Morgan fingerprint density at radius 1 is 1.23 bits per heavy atom. The number of rotatable bonds is 6. The molecule has 3 aromatic rings. The fourth-order valence-corrected chi connectivity index (χ4v) is 4.07. The van der Waals surface area contributed by atoms with E-state index in [0.29, 0.717) is 16.0 Å². The van der Waals surface area contributed by atoms with E-state index in [0.717, 1.165) is 22.6 Å². The van der Waals surface area contributed by atoms with Crippen molar-refractivity contribution in [2.24, 2.45) is 0 Å². The molecule has 0 saturated carbocycles. The van der Waals surface area contributed by atoms with Crippen molar-refractivity contribution in [2.45, 2.75) is 32.7 Å². The number of aromatic amines is 1. The van der Waals surface area contributed by atoms with Gasteiger partial charge in [-0.3, -0.25) is 14.4 Å². The molecule has 158 valence electrons. The van der Waals surface area contributed by atoms with Gasteiger partial charge in [0, 0.05) is 24.8 Å². The number of nitrogens with zero attached hydrogens (tertiary/aromatic N) is 1. The smallest absolute Gasteiger partial charge is 0.259 e. The van der Waals surface area contributed by atoms with E-state index in [9.17, 15) is 23.2 Å². The Hall–Kier alpha value is -3.14. The molecule has 2 aromatic heterocycles. The highest BCUT2D eigenvalue weighted by Gasteiger charge is 2.23. The van der Waals surface area contributed by atoms with Gasteiger partial charge in [-0.15, -0.1) is 11.3 Å². The third-order valence-corrected chi connectivity index (χ3v) is 5.87. The predicted molar refractivity (Wildman–Crippen MR) is 109 cm³/mol. The summed E-state index contributed by atoms with van der Waals surface area (Å²) < 4.78 is 26.7. The number of thiophene rings is 1. The highest BCUT2D eigenvalue weighted by molar-refractivity contribution is 7.18. The lowest BCUT2D eigenvalue weighted by molar-refractivity contribution is -0.128. The summed E-state index contributed by atoms with van der Waals surface area (Å²) >= 11 is 1.41. The van der Waals surface area contributed by atoms with Gasteiger partial charge in [-0.2, -0.15) is 0 Å². The second-order valence-corrected chi connectivity index (χ2v) is 7.97. The first-order chi connectivity index (χ1) is 14.2. The van der Waals surface area contributed by atoms with Crippen LogP contribution in [0.3, 0.4) is 0 Å². The molecular weight excluding hydrogens is 414 g/mol. The van der Waals surface area contributed by atoms with Gasteiger partial charge in [0.15, 0.2) is 11.6 Å². The number of fused-ring (bicyclic) bond motifs is 1. The Kier molecular flexibility index (Phi) is 6.25. The molecule has 2 amide bonds. The summed E-state index contributed by atoms with van der Waals surface area (Å²) in [4.78, 5) is 45.6. The van der Waals surface area contributed by atoms with Crippen molar-refractivity contribution >= 4 is 33.4 Å². The summed E-state index contributed by atoms with van der Waals surface area (Å²) in [7, 11) is 1.37. The zero-order valence-corrected chi connectivity index (χ0v) is 17.4. The molecule has 2 heterocycles. The predicted octanol–water partition coefficient (Wildman–Crippen LogP) is 2.42. The first-order valence-corrected chi connectivity index (χ1v) is 9.97. The van der Waals surface area contributed by atoms with Crippen molar-refractivity contribution in [3.63, 3.8) is 0 Å². The van der Waals surface area contributed by atoms with Crippen molar-refractivity contribution in [3.05, 3.63) is 62.0 Å². The Balaban J connectivity index is 1.74. The Bertz CT molecular complexity index is 1190. The minimum atomic E-state index is -1.19. The van der Waals surface area contributed by atoms with E-state index in [4.69, 9.17) is 0 Å². The standard InChI is InChI=1S/C20H20F2N4O3S/c1-9-10(2)30-20-16(9)18(28)24-14(25-20)6-7-15(27)26-17(19(29)23-3)11-4-5-12(21)13(22)8-11/h4-5,8,17H,6-7H2,1-3H3,(H,23,29)(H,26,27)(H,24,25,28). The lowest BCUT2D eigenvalue weighted by atomic mass is 10.1. The number of likely N-dealkylation sites (N-methyl/N-ethyl adjacent to an activating group) is 1. The summed E-state index contributed by atoms with van der Waals surface area (Å²) in [6.45, 7) is 3.76. The monoisotopic (exact) mass is 434 g/mol. The van der Waals surface area contributed by atoms with Crippen molar-refractivity contribution < 1.29 is 18.4 Å². The number of H-pyrrole nitrogens is 1. The average molecular weight is 434 g/mol. The molecule has 3 rings (SSSR count). The summed E-state index contributed by atoms with van der Waals surface area (Å²) in [6, 6.07) is 1.80. The van der Waals surface area contributed by atoms with Crippen LogP contribution in [0.1, 0.15) is 34.3 Å². The van der Waals surface area contributed by atoms with Crippen LogP contribution >= 0.6 is 11.3 Å². The zero-order chi connectivity index (χ0) is 22.0. The van der Waals surface area contributed by atoms with Gasteiger partial charge in [-0.05, 0) is 37.1 Å². The Morgan fingerprint density at radius 2 is 1.97 bits per heavy atom. The van der Waals surface area contributed by atoms with Crippen molar-refractivity contribution in [2.75, 3.05) is 7.05 Å². The number of hydrogen-bond acceptors (Lipinski definition) is 5. The van der Waals surface area contributed by atoms with Crippen LogP contribution in [-0.2, 0) is 16.0 Å². The van der Waals surface area contributed by atoms with Crippen LogP contribution in [0.2, 0.25) is 0 Å². The number of aryl methyl sites for hydroxylation is 3. The molecule has 1 atom stereocenters. The van der Waals surface area contributed by atoms with Crippen LogP contribution in [-0.4, -0.2) is 28.8 Å². The van der Waals surface area contributed by atoms with Gasteiger partial charge in [0.05, 0.1) is 5.39 Å². The molecule has 0 spiro atoms. The number of carbonyl (C=O) groups is 2. The molecule has 1 unspecified atom stereocenters. The van der Waals surface area contributed by atoms with Gasteiger partial charge >= 0.3 is 0 Å². The molecular formula is C20H20F2N4O3S. The lowest BCUT2D eigenvalue weighted by Crippen LogP contribution is -2.39. The highest BCUT2D eigenvalue weighted by Crippen LogP contribution is 2.25. The minimum absolute atomic E-state index is 0.0606. The molecule has 3 N–H and O–H groups in total. The van der Waals surface area contributed by atoms with Crippen LogP contribution in [0.25, 0.3) is 10.2 Å². The summed E-state index contributed by atoms with van der Waals surface area (Å²) in [5, 5.41) is 5.44. The van der Waals surface area contributed by atoms with Crippen LogP contribution in [0.5, 0.6) is 0 Å². The molecule has 0 aliphatic heterocycles. The zero-order valence-electron chi connectivity index (χ0n) is 16.6. The van der Waals surface area contributed by atoms with Crippen LogP contribution in [0, 0.1) is 25.5 Å². The maximum Gasteiger partial charge on any atom is 0.259 e. The molecule has 0 bridgehead atoms. The van der Waals surface area contributed by atoms with E-state index in [1.54, 1.807) is 0 Å². The number of nitrogens with one attached hydrogen (secondary N) is 3. The number of halogens is 2. The molecule has 30 heavy (non-hydrogen) atoms. The first kappa shape index (κ1) is 21.6. The number of hydrogen-bond donors (Lipinski definition) is 3. The molecule has 0 radical (unpaired) electrons. The molecule has 0 aliphatic rings. The van der Waals surface area contributed by atoms with Crippen LogP contribution in [0.4, 0.5) is 8.78 Å². The van der Waals surface area contributed by atoms with E-state index in [-0.39, 0.29) is 24.0 Å². The third kappa shape index (κ3) is 4.38. The third-order valence-electron chi connectivity index (χ3n) is 4.77. The average Bonchev–Trinajstić information content (AvgIpc) is 3.00. The molecule has 0 fully saturated rings. The molecule has 10 heteroatoms. The fraction of sp³-hybridized carbons (Fsp3) is 0.300. The van der Waals surface area contributed by atoms with Gasteiger partial charge in [0.2, 0.25) is 11.8 Å². The molecule has 0 aliphatic carbocycles. The van der Waals surface area contributed by atoms with Gasteiger partial charge in [0.25, 0.3) is 5.56 Å². The van der Waals surface area contributed by atoms with E-state index >= 15 is 0 Å².